The highest BCUT2D eigenvalue weighted by Gasteiger charge is 2.31. The zero-order valence-corrected chi connectivity index (χ0v) is 33.1. The summed E-state index contributed by atoms with van der Waals surface area (Å²) >= 11 is 0. The Morgan fingerprint density at radius 1 is 0.543 bits per heavy atom. The molecule has 0 aliphatic heterocycles. The van der Waals surface area contributed by atoms with Crippen LogP contribution in [0.25, 0.3) is 0 Å². The van der Waals surface area contributed by atoms with Gasteiger partial charge in [0.05, 0.1) is 0 Å². The summed E-state index contributed by atoms with van der Waals surface area (Å²) in [5.74, 6) is 2.45. The van der Waals surface area contributed by atoms with Gasteiger partial charge in [0.15, 0.2) is 0 Å². The minimum Gasteiger partial charge on any atom is -0.310 e. The molecule has 266 valence electrons. The van der Waals surface area contributed by atoms with E-state index in [9.17, 15) is 9.59 Å². The van der Waals surface area contributed by atoms with Crippen LogP contribution in [0.4, 0.5) is 11.6 Å². The summed E-state index contributed by atoms with van der Waals surface area (Å²) in [7, 11) is 0. The fourth-order valence-electron chi connectivity index (χ4n) is 7.80. The molecule has 0 spiro atoms. The molecule has 1 aromatic heterocycles. The normalized spacial score (nSPS) is 17.0. The van der Waals surface area contributed by atoms with E-state index in [1.165, 1.54) is 0 Å². The Balaban J connectivity index is 3.12. The van der Waals surface area contributed by atoms with E-state index in [4.69, 9.17) is 4.98 Å². The Bertz CT molecular complexity index is 986. The Labute approximate surface area is 285 Å². The third-order valence-corrected chi connectivity index (χ3v) is 9.03. The van der Waals surface area contributed by atoms with Crippen molar-refractivity contribution in [2.75, 3.05) is 10.6 Å². The molecular weight excluding hydrogens is 566 g/mol. The third kappa shape index (κ3) is 18.4. The van der Waals surface area contributed by atoms with Crippen molar-refractivity contribution in [2.24, 2.45) is 57.2 Å². The number of amides is 2. The van der Waals surface area contributed by atoms with Gasteiger partial charge in [-0.15, -0.1) is 0 Å². The van der Waals surface area contributed by atoms with E-state index in [2.05, 4.69) is 121 Å². The molecule has 6 unspecified atom stereocenters. The first-order valence-corrected chi connectivity index (χ1v) is 18.3. The predicted octanol–water partition coefficient (Wildman–Crippen LogP) is 12.0. The number of aromatic nitrogens is 1. The summed E-state index contributed by atoms with van der Waals surface area (Å²) in [5.41, 5.74) is 0.833. The van der Waals surface area contributed by atoms with E-state index in [1.807, 2.05) is 18.2 Å². The van der Waals surface area contributed by atoms with Crippen molar-refractivity contribution in [2.45, 2.75) is 162 Å². The number of nitrogens with one attached hydrogen (secondary N) is 2. The van der Waals surface area contributed by atoms with Gasteiger partial charge in [0, 0.05) is 11.8 Å². The summed E-state index contributed by atoms with van der Waals surface area (Å²) in [6.45, 7) is 36.2. The van der Waals surface area contributed by atoms with Crippen molar-refractivity contribution in [3.8, 4) is 0 Å². The fraction of sp³-hybridized carbons (Fsp3) is 0.829. The molecule has 5 heteroatoms. The van der Waals surface area contributed by atoms with Gasteiger partial charge in [0.25, 0.3) is 0 Å². The van der Waals surface area contributed by atoms with Crippen molar-refractivity contribution in [3.05, 3.63) is 18.2 Å². The maximum Gasteiger partial charge on any atom is 0.228 e. The Kier molecular flexibility index (Phi) is 16.0. The molecule has 1 aromatic rings. The molecule has 1 rings (SSSR count). The van der Waals surface area contributed by atoms with Crippen LogP contribution >= 0.6 is 0 Å². The Morgan fingerprint density at radius 2 is 0.848 bits per heavy atom. The van der Waals surface area contributed by atoms with Gasteiger partial charge in [-0.3, -0.25) is 9.59 Å². The van der Waals surface area contributed by atoms with E-state index in [0.29, 0.717) is 23.5 Å². The molecule has 2 N–H and O–H groups in total. The summed E-state index contributed by atoms with van der Waals surface area (Å²) in [5, 5.41) is 6.28. The molecule has 5 nitrogen and oxygen atoms in total. The molecule has 2 amide bonds. The minimum atomic E-state index is -0.0978. The topological polar surface area (TPSA) is 71.1 Å². The van der Waals surface area contributed by atoms with E-state index in [1.54, 1.807) is 0 Å². The first-order valence-electron chi connectivity index (χ1n) is 18.3. The summed E-state index contributed by atoms with van der Waals surface area (Å²) in [4.78, 5) is 32.3. The maximum atomic E-state index is 13.8. The van der Waals surface area contributed by atoms with Crippen molar-refractivity contribution < 1.29 is 9.59 Å². The number of rotatable bonds is 16. The number of carbonyl (C=O) groups is 2. The van der Waals surface area contributed by atoms with E-state index < -0.39 is 0 Å². The summed E-state index contributed by atoms with van der Waals surface area (Å²) in [6.07, 6.45) is 8.00. The van der Waals surface area contributed by atoms with Gasteiger partial charge in [-0.2, -0.15) is 0 Å². The fourth-order valence-corrected chi connectivity index (χ4v) is 7.80. The van der Waals surface area contributed by atoms with Gasteiger partial charge < -0.3 is 10.6 Å². The van der Waals surface area contributed by atoms with E-state index in [0.717, 1.165) is 51.4 Å². The molecule has 0 aliphatic rings. The van der Waals surface area contributed by atoms with Crippen LogP contribution in [0.15, 0.2) is 18.2 Å². The molecule has 0 saturated heterocycles. The highest BCUT2D eigenvalue weighted by molar-refractivity contribution is 5.94. The summed E-state index contributed by atoms with van der Waals surface area (Å²) in [6, 6.07) is 5.53. The van der Waals surface area contributed by atoms with Crippen LogP contribution in [0.1, 0.15) is 162 Å². The summed E-state index contributed by atoms with van der Waals surface area (Å²) < 4.78 is 0. The molecule has 0 aliphatic carbocycles. The zero-order chi connectivity index (χ0) is 35.7. The van der Waals surface area contributed by atoms with Crippen LogP contribution in [0.5, 0.6) is 0 Å². The lowest BCUT2D eigenvalue weighted by atomic mass is 9.76. The lowest BCUT2D eigenvalue weighted by Gasteiger charge is -2.31. The molecule has 6 atom stereocenters. The van der Waals surface area contributed by atoms with Crippen molar-refractivity contribution >= 4 is 23.5 Å². The first-order chi connectivity index (χ1) is 20.7. The minimum absolute atomic E-state index is 0.0280. The number of anilines is 2. The van der Waals surface area contributed by atoms with Gasteiger partial charge in [0.1, 0.15) is 11.6 Å². The van der Waals surface area contributed by atoms with Gasteiger partial charge >= 0.3 is 0 Å². The second kappa shape index (κ2) is 17.5. The molecule has 46 heavy (non-hydrogen) atoms. The number of hydrogen-bond donors (Lipinski definition) is 2. The van der Waals surface area contributed by atoms with Crippen LogP contribution in [-0.2, 0) is 9.59 Å². The Hall–Kier alpha value is -1.91. The zero-order valence-electron chi connectivity index (χ0n) is 33.1. The largest absolute Gasteiger partial charge is 0.310 e. The molecule has 0 fully saturated rings. The van der Waals surface area contributed by atoms with Crippen LogP contribution in [0.3, 0.4) is 0 Å². The van der Waals surface area contributed by atoms with E-state index in [-0.39, 0.29) is 57.1 Å². The van der Waals surface area contributed by atoms with Crippen LogP contribution in [-0.4, -0.2) is 16.8 Å². The average molecular weight is 642 g/mol. The van der Waals surface area contributed by atoms with Crippen molar-refractivity contribution in [3.63, 3.8) is 0 Å². The number of pyridine rings is 1. The molecular formula is C41H75N3O2. The Morgan fingerprint density at radius 3 is 1.13 bits per heavy atom. The van der Waals surface area contributed by atoms with E-state index >= 15 is 0 Å². The maximum absolute atomic E-state index is 13.8. The van der Waals surface area contributed by atoms with Crippen LogP contribution in [0, 0.1) is 57.2 Å². The smallest absolute Gasteiger partial charge is 0.228 e. The highest BCUT2D eigenvalue weighted by atomic mass is 16.2. The number of carbonyl (C=O) groups excluding carboxylic acids is 2. The standard InChI is InChI=1S/C41H75N3O2/c1-28(24-38(5,6)7)20-22-32(30(3)26-40(11,12)13)36(45)43-34-18-17-19-35(42-34)44-37(46)33(31(4)27-41(14,15)16)23-21-29(2)25-39(8,9)10/h17-19,28-33H,20-27H2,1-16H3,(H2,42,43,44,45,46). The molecule has 0 radical (unpaired) electrons. The number of hydrogen-bond acceptors (Lipinski definition) is 3. The molecule has 1 heterocycles. The van der Waals surface area contributed by atoms with Gasteiger partial charge in [-0.25, -0.2) is 4.98 Å². The predicted molar refractivity (Wildman–Crippen MR) is 200 cm³/mol. The number of nitrogens with zero attached hydrogens (tertiary/aromatic N) is 1. The second-order valence-corrected chi connectivity index (χ2v) is 20.0. The molecule has 0 bridgehead atoms. The van der Waals surface area contributed by atoms with Crippen molar-refractivity contribution in [1.29, 1.82) is 0 Å². The average Bonchev–Trinajstić information content (AvgIpc) is 2.80. The van der Waals surface area contributed by atoms with Gasteiger partial charge in [-0.05, 0) is 109 Å². The first kappa shape index (κ1) is 42.1. The van der Waals surface area contributed by atoms with Gasteiger partial charge in [-0.1, -0.05) is 117 Å². The second-order valence-electron chi connectivity index (χ2n) is 20.0. The SMILES string of the molecule is CC(CCC(C(=O)Nc1cccc(NC(=O)C(CCC(C)CC(C)(C)C)C(C)CC(C)(C)C)n1)C(C)CC(C)(C)C)CC(C)(C)C. The molecule has 0 saturated carbocycles. The lowest BCUT2D eigenvalue weighted by Crippen LogP contribution is -2.32. The van der Waals surface area contributed by atoms with Gasteiger partial charge in [0.2, 0.25) is 11.8 Å². The molecule has 0 aromatic carbocycles. The van der Waals surface area contributed by atoms with Crippen molar-refractivity contribution in [1.82, 2.24) is 4.98 Å². The third-order valence-electron chi connectivity index (χ3n) is 9.03. The lowest BCUT2D eigenvalue weighted by molar-refractivity contribution is -0.122. The quantitative estimate of drug-likeness (QED) is 0.189. The van der Waals surface area contributed by atoms with Crippen LogP contribution in [0.2, 0.25) is 0 Å². The van der Waals surface area contributed by atoms with Crippen LogP contribution < -0.4 is 10.6 Å². The highest BCUT2D eigenvalue weighted by Crippen LogP contribution is 2.36. The monoisotopic (exact) mass is 642 g/mol.